The van der Waals surface area contributed by atoms with Gasteiger partial charge in [-0.2, -0.15) is 0 Å². The van der Waals surface area contributed by atoms with Crippen LogP contribution in [0.3, 0.4) is 0 Å². The summed E-state index contributed by atoms with van der Waals surface area (Å²) in [5.41, 5.74) is 9.11. The van der Waals surface area contributed by atoms with Gasteiger partial charge in [-0.3, -0.25) is 0 Å². The van der Waals surface area contributed by atoms with Gasteiger partial charge in [-0.05, 0) is 75.5 Å². The van der Waals surface area contributed by atoms with Gasteiger partial charge in [-0.1, -0.05) is 68.7 Å². The summed E-state index contributed by atoms with van der Waals surface area (Å²) in [7, 11) is -2.05. The zero-order chi connectivity index (χ0) is 26.6. The van der Waals surface area contributed by atoms with Crippen LogP contribution in [0, 0.1) is 6.92 Å². The molecule has 0 fully saturated rings. The molecule has 2 nitrogen and oxygen atoms in total. The minimum atomic E-state index is -2.05. The van der Waals surface area contributed by atoms with Crippen LogP contribution < -0.4 is 10.1 Å². The highest BCUT2D eigenvalue weighted by atomic mass is 35.5. The van der Waals surface area contributed by atoms with E-state index < -0.39 is 8.07 Å². The van der Waals surface area contributed by atoms with E-state index in [1.807, 2.05) is 24.3 Å². The van der Waals surface area contributed by atoms with Crippen LogP contribution in [0.5, 0.6) is 0 Å². The summed E-state index contributed by atoms with van der Waals surface area (Å²) in [6.45, 7) is 26.3. The molecule has 0 atom stereocenters. The maximum atomic E-state index is 3.98. The minimum absolute atomic E-state index is 0. The molecule has 38 heavy (non-hydrogen) atoms. The number of hydrogen-bond donors (Lipinski definition) is 0. The second kappa shape index (κ2) is 12.4. The van der Waals surface area contributed by atoms with E-state index in [-0.39, 0.29) is 12.4 Å². The SMILES string of the molecule is C=CCN(CC=C)c1ccc2c(c1)[Si](C)(C)C1=CC(=[N+](CC=C)CC=C)C=CC1=C2c1ccccc1C.Cl. The zero-order valence-corrected chi connectivity index (χ0v) is 24.9. The maximum absolute atomic E-state index is 3.98. The summed E-state index contributed by atoms with van der Waals surface area (Å²) in [6.07, 6.45) is 14.9. The summed E-state index contributed by atoms with van der Waals surface area (Å²) in [4.78, 5) is 2.33. The van der Waals surface area contributed by atoms with Crippen LogP contribution in [-0.4, -0.2) is 44.5 Å². The van der Waals surface area contributed by atoms with Crippen LogP contribution in [-0.2, 0) is 0 Å². The Labute approximate surface area is 236 Å². The Morgan fingerprint density at radius 2 is 1.50 bits per heavy atom. The van der Waals surface area contributed by atoms with Gasteiger partial charge in [-0.25, -0.2) is 4.58 Å². The Kier molecular flexibility index (Phi) is 9.54. The third kappa shape index (κ3) is 5.40. The van der Waals surface area contributed by atoms with E-state index >= 15 is 0 Å². The fourth-order valence-electron chi connectivity index (χ4n) is 5.56. The molecule has 4 rings (SSSR count). The van der Waals surface area contributed by atoms with Crippen molar-refractivity contribution in [2.45, 2.75) is 20.0 Å². The normalized spacial score (nSPS) is 14.9. The second-order valence-electron chi connectivity index (χ2n) is 10.2. The van der Waals surface area contributed by atoms with Gasteiger partial charge < -0.3 is 4.90 Å². The van der Waals surface area contributed by atoms with Gasteiger partial charge in [0, 0.05) is 30.9 Å². The number of halogens is 1. The Bertz CT molecular complexity index is 1360. The van der Waals surface area contributed by atoms with E-state index in [0.29, 0.717) is 0 Å². The van der Waals surface area contributed by atoms with Crippen LogP contribution in [0.4, 0.5) is 5.69 Å². The second-order valence-corrected chi connectivity index (χ2v) is 14.6. The lowest BCUT2D eigenvalue weighted by molar-refractivity contribution is -0.505. The van der Waals surface area contributed by atoms with Crippen LogP contribution in [0.2, 0.25) is 13.1 Å². The first kappa shape index (κ1) is 29.2. The van der Waals surface area contributed by atoms with Crippen LogP contribution >= 0.6 is 12.4 Å². The zero-order valence-electron chi connectivity index (χ0n) is 23.0. The predicted octanol–water partition coefficient (Wildman–Crippen LogP) is 7.19. The Balaban J connectivity index is 0.00000400. The number of benzene rings is 2. The monoisotopic (exact) mass is 539 g/mol. The Hall–Kier alpha value is -3.40. The molecule has 0 saturated heterocycles. The van der Waals surface area contributed by atoms with Gasteiger partial charge in [0.15, 0.2) is 18.8 Å². The third-order valence-corrected chi connectivity index (χ3v) is 11.0. The minimum Gasteiger partial charge on any atom is -0.364 e. The van der Waals surface area contributed by atoms with Crippen molar-refractivity contribution < 1.29 is 4.58 Å². The smallest absolute Gasteiger partial charge is 0.200 e. The molecule has 0 amide bonds. The van der Waals surface area contributed by atoms with Gasteiger partial charge in [0.05, 0.1) is 0 Å². The lowest BCUT2D eigenvalue weighted by Crippen LogP contribution is -2.50. The number of allylic oxidation sites excluding steroid dienone is 5. The number of rotatable bonds is 10. The largest absolute Gasteiger partial charge is 0.364 e. The van der Waals surface area contributed by atoms with Crippen molar-refractivity contribution in [3.8, 4) is 0 Å². The molecular formula is C34H40ClN2Si+. The highest BCUT2D eigenvalue weighted by Gasteiger charge is 2.40. The number of hydrogen-bond acceptors (Lipinski definition) is 1. The van der Waals surface area contributed by atoms with Crippen molar-refractivity contribution >= 4 is 42.6 Å². The van der Waals surface area contributed by atoms with Crippen molar-refractivity contribution in [3.05, 3.63) is 139 Å². The quantitative estimate of drug-likeness (QED) is 0.176. The molecular weight excluding hydrogens is 500 g/mol. The topological polar surface area (TPSA) is 6.25 Å². The Morgan fingerprint density at radius 1 is 0.842 bits per heavy atom. The van der Waals surface area contributed by atoms with Crippen molar-refractivity contribution in [2.75, 3.05) is 31.1 Å². The molecule has 0 aromatic heterocycles. The highest BCUT2D eigenvalue weighted by Crippen LogP contribution is 2.42. The summed E-state index contributed by atoms with van der Waals surface area (Å²) in [5.74, 6) is 0. The summed E-state index contributed by atoms with van der Waals surface area (Å²) >= 11 is 0. The molecule has 1 aliphatic carbocycles. The van der Waals surface area contributed by atoms with Crippen molar-refractivity contribution in [2.24, 2.45) is 0 Å². The fraction of sp³-hybridized carbons (Fsp3) is 0.206. The molecule has 2 aromatic carbocycles. The molecule has 0 unspecified atom stereocenters. The molecule has 4 heteroatoms. The Morgan fingerprint density at radius 3 is 2.11 bits per heavy atom. The average molecular weight is 540 g/mol. The first-order valence-corrected chi connectivity index (χ1v) is 16.0. The molecule has 1 aliphatic heterocycles. The molecule has 2 aromatic rings. The molecule has 0 spiro atoms. The lowest BCUT2D eigenvalue weighted by atomic mass is 9.87. The number of fused-ring (bicyclic) bond motifs is 2. The molecule has 1 heterocycles. The maximum Gasteiger partial charge on any atom is 0.200 e. The van der Waals surface area contributed by atoms with Gasteiger partial charge >= 0.3 is 0 Å². The summed E-state index contributed by atoms with van der Waals surface area (Å²) in [6, 6.07) is 15.8. The van der Waals surface area contributed by atoms with Crippen molar-refractivity contribution in [1.82, 2.24) is 0 Å². The van der Waals surface area contributed by atoms with Crippen molar-refractivity contribution in [3.63, 3.8) is 0 Å². The first-order chi connectivity index (χ1) is 17.9. The number of nitrogens with zero attached hydrogens (tertiary/aromatic N) is 2. The van der Waals surface area contributed by atoms with Gasteiger partial charge in [0.25, 0.3) is 0 Å². The average Bonchev–Trinajstić information content (AvgIpc) is 2.89. The predicted molar refractivity (Wildman–Crippen MR) is 173 cm³/mol. The number of aryl methyl sites for hydroxylation is 1. The summed E-state index contributed by atoms with van der Waals surface area (Å²) in [5, 5.41) is 2.95. The van der Waals surface area contributed by atoms with E-state index in [1.165, 1.54) is 49.6 Å². The third-order valence-electron chi connectivity index (χ3n) is 7.43. The van der Waals surface area contributed by atoms with Gasteiger partial charge in [0.1, 0.15) is 8.07 Å². The van der Waals surface area contributed by atoms with E-state index in [1.54, 1.807) is 0 Å². The molecule has 0 N–H and O–H groups in total. The lowest BCUT2D eigenvalue weighted by Gasteiger charge is -2.38. The first-order valence-electron chi connectivity index (χ1n) is 13.0. The van der Waals surface area contributed by atoms with Crippen molar-refractivity contribution in [1.29, 1.82) is 0 Å². The van der Waals surface area contributed by atoms with E-state index in [4.69, 9.17) is 0 Å². The van der Waals surface area contributed by atoms with Crippen LogP contribution in [0.1, 0.15) is 16.7 Å². The van der Waals surface area contributed by atoms with Gasteiger partial charge in [0.2, 0.25) is 0 Å². The molecule has 2 aliphatic rings. The van der Waals surface area contributed by atoms with E-state index in [0.717, 1.165) is 26.2 Å². The van der Waals surface area contributed by atoms with Crippen LogP contribution in [0.25, 0.3) is 5.57 Å². The fourth-order valence-corrected chi connectivity index (χ4v) is 8.63. The van der Waals surface area contributed by atoms with Crippen LogP contribution in [0.15, 0.2) is 122 Å². The molecule has 196 valence electrons. The molecule has 0 saturated carbocycles. The van der Waals surface area contributed by atoms with Gasteiger partial charge in [-0.15, -0.1) is 25.6 Å². The number of anilines is 1. The molecule has 0 radical (unpaired) electrons. The van der Waals surface area contributed by atoms with E-state index in [2.05, 4.69) is 117 Å². The standard InChI is InChI=1S/C34H39N2Si.ClH/c1-8-20-35(21-9-2)27-16-18-30-32(24-27)37(6,7)33-25-28(36(22-10-3)23-11-4)17-19-31(33)34(30)29-15-13-12-14-26(29)5;/h8-19,24-25H,1-4,20-23H2,5-7H3;1H/q+1;. The highest BCUT2D eigenvalue weighted by molar-refractivity contribution is 6.98. The summed E-state index contributed by atoms with van der Waals surface area (Å²) < 4.78 is 2.33. The molecule has 0 bridgehead atoms. The van der Waals surface area contributed by atoms with E-state index in [9.17, 15) is 0 Å².